The molecule has 1 aliphatic rings. The molecule has 2 N–H and O–H groups in total. The molecule has 0 saturated carbocycles. The highest BCUT2D eigenvalue weighted by Crippen LogP contribution is 2.16. The van der Waals surface area contributed by atoms with Gasteiger partial charge in [-0.3, -0.25) is 5.41 Å². The first kappa shape index (κ1) is 8.40. The summed E-state index contributed by atoms with van der Waals surface area (Å²) in [5.74, 6) is 0.405. The van der Waals surface area contributed by atoms with Gasteiger partial charge in [0.25, 0.3) is 0 Å². The van der Waals surface area contributed by atoms with E-state index in [0.29, 0.717) is 17.5 Å². The Bertz CT molecular complexity index is 210. The lowest BCUT2D eigenvalue weighted by Gasteiger charge is -2.28. The zero-order valence-corrected chi connectivity index (χ0v) is 7.50. The SMILES string of the molecule is CCC1=C(Cl)C(=N)N(C)CN1. The van der Waals surface area contributed by atoms with E-state index in [9.17, 15) is 0 Å². The average molecular weight is 174 g/mol. The zero-order chi connectivity index (χ0) is 8.43. The number of nitrogens with one attached hydrogen (secondary N) is 2. The summed E-state index contributed by atoms with van der Waals surface area (Å²) in [6.07, 6.45) is 0.856. The molecular weight excluding hydrogens is 162 g/mol. The molecule has 0 amide bonds. The van der Waals surface area contributed by atoms with Crippen LogP contribution in [0.25, 0.3) is 0 Å². The van der Waals surface area contributed by atoms with Crippen molar-refractivity contribution in [3.63, 3.8) is 0 Å². The van der Waals surface area contributed by atoms with Gasteiger partial charge < -0.3 is 10.2 Å². The van der Waals surface area contributed by atoms with E-state index in [0.717, 1.165) is 12.1 Å². The second-order valence-electron chi connectivity index (χ2n) is 2.53. The molecule has 0 fully saturated rings. The van der Waals surface area contributed by atoms with E-state index in [1.165, 1.54) is 0 Å². The first-order chi connectivity index (χ1) is 5.16. The molecular formula is C7H12ClN3. The van der Waals surface area contributed by atoms with Crippen molar-refractivity contribution in [2.24, 2.45) is 0 Å². The molecule has 0 aromatic heterocycles. The normalized spacial score (nSPS) is 18.8. The van der Waals surface area contributed by atoms with Crippen molar-refractivity contribution >= 4 is 17.4 Å². The predicted molar refractivity (Wildman–Crippen MR) is 46.7 cm³/mol. The lowest BCUT2D eigenvalue weighted by Crippen LogP contribution is -2.40. The molecule has 62 valence electrons. The van der Waals surface area contributed by atoms with Gasteiger partial charge in [0.2, 0.25) is 0 Å². The van der Waals surface area contributed by atoms with Crippen molar-refractivity contribution in [2.75, 3.05) is 13.7 Å². The van der Waals surface area contributed by atoms with E-state index in [-0.39, 0.29) is 0 Å². The Morgan fingerprint density at radius 2 is 2.36 bits per heavy atom. The van der Waals surface area contributed by atoms with Crippen molar-refractivity contribution in [2.45, 2.75) is 13.3 Å². The van der Waals surface area contributed by atoms with E-state index >= 15 is 0 Å². The first-order valence-corrected chi connectivity index (χ1v) is 3.97. The summed E-state index contributed by atoms with van der Waals surface area (Å²) in [6.45, 7) is 2.70. The van der Waals surface area contributed by atoms with Crippen LogP contribution in [0, 0.1) is 5.41 Å². The fourth-order valence-electron chi connectivity index (χ4n) is 0.961. The molecule has 11 heavy (non-hydrogen) atoms. The quantitative estimate of drug-likeness (QED) is 0.628. The fourth-order valence-corrected chi connectivity index (χ4v) is 1.31. The third-order valence-corrected chi connectivity index (χ3v) is 2.14. The van der Waals surface area contributed by atoms with Crippen molar-refractivity contribution < 1.29 is 0 Å². The van der Waals surface area contributed by atoms with Crippen LogP contribution in [-0.4, -0.2) is 24.5 Å². The summed E-state index contributed by atoms with van der Waals surface area (Å²) < 4.78 is 0. The van der Waals surface area contributed by atoms with Crippen molar-refractivity contribution in [1.82, 2.24) is 10.2 Å². The van der Waals surface area contributed by atoms with Crippen LogP contribution in [0.2, 0.25) is 0 Å². The molecule has 0 aliphatic carbocycles. The molecule has 0 bridgehead atoms. The van der Waals surface area contributed by atoms with Crippen molar-refractivity contribution in [3.05, 3.63) is 10.7 Å². The molecule has 1 heterocycles. The second kappa shape index (κ2) is 3.13. The summed E-state index contributed by atoms with van der Waals surface area (Å²) in [5, 5.41) is 11.2. The Balaban J connectivity index is 2.87. The number of hydrogen-bond donors (Lipinski definition) is 2. The Hall–Kier alpha value is -0.700. The largest absolute Gasteiger partial charge is 0.370 e. The highest BCUT2D eigenvalue weighted by molar-refractivity contribution is 6.43. The van der Waals surface area contributed by atoms with Gasteiger partial charge in [-0.25, -0.2) is 0 Å². The highest BCUT2D eigenvalue weighted by atomic mass is 35.5. The summed E-state index contributed by atoms with van der Waals surface area (Å²) >= 11 is 5.88. The summed E-state index contributed by atoms with van der Waals surface area (Å²) in [7, 11) is 1.84. The van der Waals surface area contributed by atoms with E-state index in [1.807, 2.05) is 14.0 Å². The van der Waals surface area contributed by atoms with E-state index in [4.69, 9.17) is 17.0 Å². The van der Waals surface area contributed by atoms with Gasteiger partial charge in [0.05, 0.1) is 6.67 Å². The molecule has 0 atom stereocenters. The number of likely N-dealkylation sites (N-methyl/N-ethyl adjacent to an activating group) is 1. The van der Waals surface area contributed by atoms with Gasteiger partial charge in [-0.1, -0.05) is 18.5 Å². The standard InChI is InChI=1S/C7H12ClN3/c1-3-5-6(8)7(9)11(2)4-10-5/h9-10H,3-4H2,1-2H3. The third-order valence-electron chi connectivity index (χ3n) is 1.74. The van der Waals surface area contributed by atoms with Crippen LogP contribution in [0.5, 0.6) is 0 Å². The van der Waals surface area contributed by atoms with Gasteiger partial charge in [0.1, 0.15) is 10.9 Å². The average Bonchev–Trinajstić information content (AvgIpc) is 2.01. The smallest absolute Gasteiger partial charge is 0.142 e. The van der Waals surface area contributed by atoms with Crippen LogP contribution in [0.15, 0.2) is 10.7 Å². The lowest BCUT2D eigenvalue weighted by atomic mass is 10.2. The number of halogens is 1. The van der Waals surface area contributed by atoms with Crippen LogP contribution in [-0.2, 0) is 0 Å². The Morgan fingerprint density at radius 3 is 2.91 bits per heavy atom. The number of hydrogen-bond acceptors (Lipinski definition) is 2. The molecule has 1 aliphatic heterocycles. The monoisotopic (exact) mass is 173 g/mol. The third kappa shape index (κ3) is 1.48. The van der Waals surface area contributed by atoms with Crippen molar-refractivity contribution in [3.8, 4) is 0 Å². The fraction of sp³-hybridized carbons (Fsp3) is 0.571. The van der Waals surface area contributed by atoms with Crippen LogP contribution < -0.4 is 5.32 Å². The zero-order valence-electron chi connectivity index (χ0n) is 6.74. The molecule has 0 radical (unpaired) electrons. The highest BCUT2D eigenvalue weighted by Gasteiger charge is 2.17. The Kier molecular flexibility index (Phi) is 2.39. The van der Waals surface area contributed by atoms with Crippen LogP contribution in [0.1, 0.15) is 13.3 Å². The lowest BCUT2D eigenvalue weighted by molar-refractivity contribution is 0.452. The maximum absolute atomic E-state index is 7.53. The minimum absolute atomic E-state index is 0.405. The molecule has 0 aromatic rings. The van der Waals surface area contributed by atoms with Gasteiger partial charge in [-0.15, -0.1) is 0 Å². The minimum Gasteiger partial charge on any atom is -0.370 e. The summed E-state index contributed by atoms with van der Waals surface area (Å²) in [6, 6.07) is 0. The predicted octanol–water partition coefficient (Wildman–Crippen LogP) is 1.32. The van der Waals surface area contributed by atoms with Gasteiger partial charge >= 0.3 is 0 Å². The molecule has 4 heteroatoms. The summed E-state index contributed by atoms with van der Waals surface area (Å²) in [4.78, 5) is 1.77. The summed E-state index contributed by atoms with van der Waals surface area (Å²) in [5.41, 5.74) is 0.967. The second-order valence-corrected chi connectivity index (χ2v) is 2.91. The maximum Gasteiger partial charge on any atom is 0.142 e. The minimum atomic E-state index is 0.405. The van der Waals surface area contributed by atoms with Crippen molar-refractivity contribution in [1.29, 1.82) is 5.41 Å². The number of allylic oxidation sites excluding steroid dienone is 1. The van der Waals surface area contributed by atoms with Gasteiger partial charge in [0, 0.05) is 12.7 Å². The molecule has 0 spiro atoms. The Labute approximate surface area is 71.5 Å². The molecule has 0 saturated heterocycles. The van der Waals surface area contributed by atoms with Gasteiger partial charge in [0.15, 0.2) is 0 Å². The molecule has 1 rings (SSSR count). The molecule has 0 aromatic carbocycles. The first-order valence-electron chi connectivity index (χ1n) is 3.59. The van der Waals surface area contributed by atoms with E-state index < -0.39 is 0 Å². The molecule has 0 unspecified atom stereocenters. The topological polar surface area (TPSA) is 39.1 Å². The number of rotatable bonds is 1. The van der Waals surface area contributed by atoms with Gasteiger partial charge in [-0.2, -0.15) is 0 Å². The van der Waals surface area contributed by atoms with Gasteiger partial charge in [-0.05, 0) is 6.42 Å². The Morgan fingerprint density at radius 1 is 1.73 bits per heavy atom. The van der Waals surface area contributed by atoms with Crippen LogP contribution in [0.4, 0.5) is 0 Å². The van der Waals surface area contributed by atoms with E-state index in [2.05, 4.69) is 5.32 Å². The van der Waals surface area contributed by atoms with Crippen LogP contribution >= 0.6 is 11.6 Å². The molecule has 3 nitrogen and oxygen atoms in total. The number of amidine groups is 1. The van der Waals surface area contributed by atoms with E-state index in [1.54, 1.807) is 4.90 Å². The number of nitrogens with zero attached hydrogens (tertiary/aromatic N) is 1. The maximum atomic E-state index is 7.53. The van der Waals surface area contributed by atoms with Crippen LogP contribution in [0.3, 0.4) is 0 Å².